The highest BCUT2D eigenvalue weighted by molar-refractivity contribution is 6.31. The van der Waals surface area contributed by atoms with Gasteiger partial charge in [0, 0.05) is 27.7 Å². The molecule has 0 amide bonds. The van der Waals surface area contributed by atoms with Crippen molar-refractivity contribution in [3.63, 3.8) is 0 Å². The van der Waals surface area contributed by atoms with E-state index in [1.807, 2.05) is 18.2 Å². The number of fused-ring (bicyclic) bond motifs is 3. The van der Waals surface area contributed by atoms with Gasteiger partial charge in [-0.2, -0.15) is 0 Å². The highest BCUT2D eigenvalue weighted by atomic mass is 35.5. The zero-order valence-corrected chi connectivity index (χ0v) is 9.14. The number of aromatic nitrogens is 1. The Bertz CT molecular complexity index is 516. The van der Waals surface area contributed by atoms with Crippen LogP contribution in [0.5, 0.6) is 0 Å². The third-order valence-electron chi connectivity index (χ3n) is 3.21. The topological polar surface area (TPSA) is 41.8 Å². The van der Waals surface area contributed by atoms with Crippen LogP contribution in [0.4, 0.5) is 0 Å². The van der Waals surface area contributed by atoms with Crippen molar-refractivity contribution < 1.29 is 0 Å². The number of nitrogens with one attached hydrogen (secondary N) is 1. The molecule has 0 saturated heterocycles. The first-order valence-corrected chi connectivity index (χ1v) is 5.69. The molecule has 0 radical (unpaired) electrons. The minimum absolute atomic E-state index is 0.167. The minimum Gasteiger partial charge on any atom is -0.357 e. The Morgan fingerprint density at radius 2 is 2.27 bits per heavy atom. The van der Waals surface area contributed by atoms with E-state index in [1.165, 1.54) is 23.1 Å². The fourth-order valence-corrected chi connectivity index (χ4v) is 2.64. The fourth-order valence-electron chi connectivity index (χ4n) is 2.47. The number of aryl methyl sites for hydroxylation is 1. The van der Waals surface area contributed by atoms with Gasteiger partial charge in [-0.3, -0.25) is 0 Å². The van der Waals surface area contributed by atoms with Crippen molar-refractivity contribution in [2.45, 2.75) is 25.3 Å². The normalized spacial score (nSPS) is 20.5. The Balaban J connectivity index is 2.31. The van der Waals surface area contributed by atoms with Crippen LogP contribution in [0.15, 0.2) is 18.2 Å². The zero-order valence-electron chi connectivity index (χ0n) is 8.39. The first kappa shape index (κ1) is 9.25. The molecule has 15 heavy (non-hydrogen) atoms. The highest BCUT2D eigenvalue weighted by Crippen LogP contribution is 2.34. The number of halogens is 1. The second-order valence-corrected chi connectivity index (χ2v) is 4.64. The van der Waals surface area contributed by atoms with E-state index >= 15 is 0 Å². The van der Waals surface area contributed by atoms with Crippen molar-refractivity contribution in [3.8, 4) is 0 Å². The SMILES string of the molecule is N[C@H]1CCCc2c1[nH]c1ccc(Cl)cc21. The van der Waals surface area contributed by atoms with E-state index in [0.717, 1.165) is 23.4 Å². The molecule has 1 aromatic heterocycles. The van der Waals surface area contributed by atoms with Crippen molar-refractivity contribution in [2.24, 2.45) is 5.73 Å². The van der Waals surface area contributed by atoms with E-state index in [-0.39, 0.29) is 6.04 Å². The van der Waals surface area contributed by atoms with Gasteiger partial charge >= 0.3 is 0 Å². The second kappa shape index (κ2) is 3.26. The molecule has 1 atom stereocenters. The van der Waals surface area contributed by atoms with Crippen molar-refractivity contribution in [3.05, 3.63) is 34.5 Å². The predicted molar refractivity (Wildman–Crippen MR) is 63.2 cm³/mol. The quantitative estimate of drug-likeness (QED) is 0.704. The first-order valence-electron chi connectivity index (χ1n) is 5.31. The van der Waals surface area contributed by atoms with Crippen molar-refractivity contribution in [1.29, 1.82) is 0 Å². The van der Waals surface area contributed by atoms with Gasteiger partial charge in [0.1, 0.15) is 0 Å². The van der Waals surface area contributed by atoms with Crippen LogP contribution >= 0.6 is 11.6 Å². The van der Waals surface area contributed by atoms with Crippen LogP contribution in [0, 0.1) is 0 Å². The number of hydrogen-bond donors (Lipinski definition) is 2. The van der Waals surface area contributed by atoms with Gasteiger partial charge in [-0.25, -0.2) is 0 Å². The number of aromatic amines is 1. The molecule has 0 saturated carbocycles. The molecule has 0 aliphatic heterocycles. The minimum atomic E-state index is 0.167. The molecule has 1 heterocycles. The summed E-state index contributed by atoms with van der Waals surface area (Å²) < 4.78 is 0. The van der Waals surface area contributed by atoms with Gasteiger partial charge in [0.05, 0.1) is 0 Å². The average Bonchev–Trinajstić information content (AvgIpc) is 2.58. The van der Waals surface area contributed by atoms with E-state index in [9.17, 15) is 0 Å². The van der Waals surface area contributed by atoms with Crippen molar-refractivity contribution in [2.75, 3.05) is 0 Å². The van der Waals surface area contributed by atoms with Gasteiger partial charge in [0.25, 0.3) is 0 Å². The van der Waals surface area contributed by atoms with Crippen molar-refractivity contribution in [1.82, 2.24) is 4.98 Å². The van der Waals surface area contributed by atoms with E-state index in [0.29, 0.717) is 0 Å². The molecule has 0 bridgehead atoms. The van der Waals surface area contributed by atoms with Crippen molar-refractivity contribution >= 4 is 22.5 Å². The molecular weight excluding hydrogens is 208 g/mol. The number of nitrogens with two attached hydrogens (primary N) is 1. The number of hydrogen-bond acceptors (Lipinski definition) is 1. The number of rotatable bonds is 0. The summed E-state index contributed by atoms with van der Waals surface area (Å²) in [6, 6.07) is 6.14. The summed E-state index contributed by atoms with van der Waals surface area (Å²) in [5, 5.41) is 2.04. The molecule has 0 spiro atoms. The largest absolute Gasteiger partial charge is 0.357 e. The summed E-state index contributed by atoms with van der Waals surface area (Å²) in [7, 11) is 0. The van der Waals surface area contributed by atoms with Crippen LogP contribution in [-0.2, 0) is 6.42 Å². The maximum absolute atomic E-state index is 6.08. The van der Waals surface area contributed by atoms with E-state index < -0.39 is 0 Å². The van der Waals surface area contributed by atoms with Gasteiger partial charge < -0.3 is 10.7 Å². The van der Waals surface area contributed by atoms with Crippen LogP contribution in [0.25, 0.3) is 10.9 Å². The summed E-state index contributed by atoms with van der Waals surface area (Å²) >= 11 is 6.01. The first-order chi connectivity index (χ1) is 7.25. The summed E-state index contributed by atoms with van der Waals surface area (Å²) in [5.74, 6) is 0. The summed E-state index contributed by atoms with van der Waals surface area (Å²) in [6.45, 7) is 0. The molecule has 1 aromatic carbocycles. The number of H-pyrrole nitrogens is 1. The van der Waals surface area contributed by atoms with Crippen LogP contribution < -0.4 is 5.73 Å². The molecule has 0 fully saturated rings. The lowest BCUT2D eigenvalue weighted by Crippen LogP contribution is -2.16. The Morgan fingerprint density at radius 1 is 1.40 bits per heavy atom. The second-order valence-electron chi connectivity index (χ2n) is 4.21. The van der Waals surface area contributed by atoms with Crippen LogP contribution in [0.3, 0.4) is 0 Å². The van der Waals surface area contributed by atoms with E-state index in [4.69, 9.17) is 17.3 Å². The van der Waals surface area contributed by atoms with Gasteiger partial charge in [0.2, 0.25) is 0 Å². The Hall–Kier alpha value is -0.990. The smallest absolute Gasteiger partial charge is 0.0460 e. The lowest BCUT2D eigenvalue weighted by atomic mass is 9.92. The molecule has 1 aliphatic rings. The van der Waals surface area contributed by atoms with Crippen LogP contribution in [0.2, 0.25) is 5.02 Å². The molecule has 3 rings (SSSR count). The standard InChI is InChI=1S/C12H13ClN2/c13-7-4-5-11-9(6-7)8-2-1-3-10(14)12(8)15-11/h4-6,10,15H,1-3,14H2/t10-/m0/s1. The third-order valence-corrected chi connectivity index (χ3v) is 3.45. The van der Waals surface area contributed by atoms with E-state index in [1.54, 1.807) is 0 Å². The molecule has 2 aromatic rings. The summed E-state index contributed by atoms with van der Waals surface area (Å²) in [5.41, 5.74) is 9.81. The van der Waals surface area contributed by atoms with Gasteiger partial charge in [-0.15, -0.1) is 0 Å². The Kier molecular flexibility index (Phi) is 2.01. The fraction of sp³-hybridized carbons (Fsp3) is 0.333. The highest BCUT2D eigenvalue weighted by Gasteiger charge is 2.21. The molecule has 3 N–H and O–H groups in total. The van der Waals surface area contributed by atoms with Gasteiger partial charge in [0.15, 0.2) is 0 Å². The zero-order chi connectivity index (χ0) is 10.4. The Labute approximate surface area is 93.4 Å². The maximum Gasteiger partial charge on any atom is 0.0460 e. The molecule has 2 nitrogen and oxygen atoms in total. The molecular formula is C12H13ClN2. The van der Waals surface area contributed by atoms with Crippen LogP contribution in [0.1, 0.15) is 30.1 Å². The summed E-state index contributed by atoms with van der Waals surface area (Å²) in [4.78, 5) is 3.41. The number of benzene rings is 1. The average molecular weight is 221 g/mol. The predicted octanol–water partition coefficient (Wildman–Crippen LogP) is 3.16. The van der Waals surface area contributed by atoms with Gasteiger partial charge in [-0.1, -0.05) is 11.6 Å². The molecule has 3 heteroatoms. The lowest BCUT2D eigenvalue weighted by molar-refractivity contribution is 0.562. The summed E-state index contributed by atoms with van der Waals surface area (Å²) in [6.07, 6.45) is 3.37. The van der Waals surface area contributed by atoms with Gasteiger partial charge in [-0.05, 0) is 43.0 Å². The van der Waals surface area contributed by atoms with Crippen LogP contribution in [-0.4, -0.2) is 4.98 Å². The maximum atomic E-state index is 6.08. The molecule has 1 aliphatic carbocycles. The Morgan fingerprint density at radius 3 is 3.13 bits per heavy atom. The lowest BCUT2D eigenvalue weighted by Gasteiger charge is -2.18. The van der Waals surface area contributed by atoms with E-state index in [2.05, 4.69) is 4.98 Å². The molecule has 0 unspecified atom stereocenters. The molecule has 78 valence electrons. The monoisotopic (exact) mass is 220 g/mol. The third kappa shape index (κ3) is 1.36.